The van der Waals surface area contributed by atoms with Crippen molar-refractivity contribution in [3.63, 3.8) is 0 Å². The van der Waals surface area contributed by atoms with Crippen LogP contribution < -0.4 is 10.1 Å². The Bertz CT molecular complexity index is 384. The van der Waals surface area contributed by atoms with E-state index in [1.807, 2.05) is 13.1 Å². The molecule has 1 fully saturated rings. The van der Waals surface area contributed by atoms with E-state index in [2.05, 4.69) is 30.2 Å². The first-order valence-electron chi connectivity index (χ1n) is 7.00. The summed E-state index contributed by atoms with van der Waals surface area (Å²) >= 11 is 0. The lowest BCUT2D eigenvalue weighted by molar-refractivity contribution is 0.207. The third-order valence-corrected chi connectivity index (χ3v) is 3.38. The highest BCUT2D eigenvalue weighted by atomic mass is 16.5. The molecule has 0 amide bonds. The number of aromatic nitrogens is 1. The van der Waals surface area contributed by atoms with Crippen molar-refractivity contribution in [2.24, 2.45) is 0 Å². The molecule has 0 atom stereocenters. The molecule has 1 N–H and O–H groups in total. The zero-order valence-corrected chi connectivity index (χ0v) is 11.7. The molecule has 1 aliphatic carbocycles. The molecule has 1 aromatic heterocycles. The van der Waals surface area contributed by atoms with Crippen LogP contribution in [0.25, 0.3) is 0 Å². The molecule has 0 aliphatic heterocycles. The second kappa shape index (κ2) is 6.19. The first kappa shape index (κ1) is 13.3. The summed E-state index contributed by atoms with van der Waals surface area (Å²) in [6.07, 6.45) is 7.33. The zero-order chi connectivity index (χ0) is 13.0. The molecule has 100 valence electrons. The number of ether oxygens (including phenoxy) is 1. The number of hydrogen-bond acceptors (Lipinski definition) is 3. The smallest absolute Gasteiger partial charge is 0.127 e. The van der Waals surface area contributed by atoms with E-state index in [4.69, 9.17) is 4.74 Å². The standard InChI is InChI=1S/C15H24N2O/c1-11(2)16-9-13-10-17-12(3)8-15(13)18-14-6-4-5-7-14/h8,10-11,14,16H,4-7,9H2,1-3H3. The lowest BCUT2D eigenvalue weighted by Gasteiger charge is -2.17. The molecule has 0 spiro atoms. The van der Waals surface area contributed by atoms with Gasteiger partial charge in [0.25, 0.3) is 0 Å². The van der Waals surface area contributed by atoms with Crippen LogP contribution in [0.4, 0.5) is 0 Å². The highest BCUT2D eigenvalue weighted by Crippen LogP contribution is 2.26. The highest BCUT2D eigenvalue weighted by molar-refractivity contribution is 5.33. The molecule has 0 saturated heterocycles. The van der Waals surface area contributed by atoms with Crippen molar-refractivity contribution in [1.82, 2.24) is 10.3 Å². The summed E-state index contributed by atoms with van der Waals surface area (Å²) in [6, 6.07) is 2.54. The summed E-state index contributed by atoms with van der Waals surface area (Å²) in [5.41, 5.74) is 2.19. The number of hydrogen-bond donors (Lipinski definition) is 1. The Morgan fingerprint density at radius 3 is 2.78 bits per heavy atom. The first-order valence-corrected chi connectivity index (χ1v) is 7.00. The van der Waals surface area contributed by atoms with E-state index in [1.165, 1.54) is 31.2 Å². The van der Waals surface area contributed by atoms with E-state index >= 15 is 0 Å². The van der Waals surface area contributed by atoms with Crippen LogP contribution in [0.2, 0.25) is 0 Å². The van der Waals surface area contributed by atoms with Crippen molar-refractivity contribution in [1.29, 1.82) is 0 Å². The van der Waals surface area contributed by atoms with Crippen LogP contribution >= 0.6 is 0 Å². The molecule has 1 saturated carbocycles. The normalized spacial score (nSPS) is 16.4. The molecular formula is C15H24N2O. The maximum Gasteiger partial charge on any atom is 0.127 e. The lowest BCUT2D eigenvalue weighted by Crippen LogP contribution is -2.23. The number of aryl methyl sites for hydroxylation is 1. The summed E-state index contributed by atoms with van der Waals surface area (Å²) < 4.78 is 6.14. The van der Waals surface area contributed by atoms with Gasteiger partial charge in [-0.25, -0.2) is 0 Å². The van der Waals surface area contributed by atoms with Gasteiger partial charge in [0.05, 0.1) is 6.10 Å². The van der Waals surface area contributed by atoms with Gasteiger partial charge in [0.15, 0.2) is 0 Å². The van der Waals surface area contributed by atoms with Gasteiger partial charge < -0.3 is 10.1 Å². The van der Waals surface area contributed by atoms with Crippen LogP contribution in [-0.2, 0) is 6.54 Å². The third kappa shape index (κ3) is 3.70. The van der Waals surface area contributed by atoms with Crippen molar-refractivity contribution in [2.75, 3.05) is 0 Å². The molecule has 0 aromatic carbocycles. The Kier molecular flexibility index (Phi) is 4.59. The Balaban J connectivity index is 2.07. The predicted octanol–water partition coefficient (Wildman–Crippen LogP) is 3.21. The largest absolute Gasteiger partial charge is 0.490 e. The molecule has 0 bridgehead atoms. The average molecular weight is 248 g/mol. The van der Waals surface area contributed by atoms with Crippen LogP contribution in [0, 0.1) is 6.92 Å². The van der Waals surface area contributed by atoms with E-state index in [0.29, 0.717) is 12.1 Å². The van der Waals surface area contributed by atoms with E-state index < -0.39 is 0 Å². The Morgan fingerprint density at radius 2 is 2.11 bits per heavy atom. The van der Waals surface area contributed by atoms with Crippen LogP contribution in [-0.4, -0.2) is 17.1 Å². The molecule has 2 rings (SSSR count). The van der Waals surface area contributed by atoms with Gasteiger partial charge in [-0.2, -0.15) is 0 Å². The van der Waals surface area contributed by atoms with Gasteiger partial charge in [0.1, 0.15) is 5.75 Å². The third-order valence-electron chi connectivity index (χ3n) is 3.38. The maximum atomic E-state index is 6.14. The number of nitrogens with one attached hydrogen (secondary N) is 1. The molecule has 18 heavy (non-hydrogen) atoms. The Hall–Kier alpha value is -1.09. The summed E-state index contributed by atoms with van der Waals surface area (Å²) in [5.74, 6) is 1.02. The maximum absolute atomic E-state index is 6.14. The van der Waals surface area contributed by atoms with E-state index in [1.54, 1.807) is 0 Å². The van der Waals surface area contributed by atoms with Crippen LogP contribution in [0.3, 0.4) is 0 Å². The van der Waals surface area contributed by atoms with Crippen molar-refractivity contribution < 1.29 is 4.74 Å². The highest BCUT2D eigenvalue weighted by Gasteiger charge is 2.18. The molecule has 0 radical (unpaired) electrons. The molecular weight excluding hydrogens is 224 g/mol. The lowest BCUT2D eigenvalue weighted by atomic mass is 10.2. The second-order valence-corrected chi connectivity index (χ2v) is 5.49. The molecule has 1 aliphatic rings. The molecule has 3 nitrogen and oxygen atoms in total. The fourth-order valence-electron chi connectivity index (χ4n) is 2.31. The second-order valence-electron chi connectivity index (χ2n) is 5.49. The molecule has 1 aromatic rings. The molecule has 1 heterocycles. The average Bonchev–Trinajstić information content (AvgIpc) is 2.80. The van der Waals surface area contributed by atoms with Gasteiger partial charge in [-0.3, -0.25) is 4.98 Å². The number of rotatable bonds is 5. The minimum absolute atomic E-state index is 0.407. The van der Waals surface area contributed by atoms with Crippen molar-refractivity contribution in [2.45, 2.75) is 65.1 Å². The monoisotopic (exact) mass is 248 g/mol. The summed E-state index contributed by atoms with van der Waals surface area (Å²) in [7, 11) is 0. The molecule has 3 heteroatoms. The van der Waals surface area contributed by atoms with Crippen LogP contribution in [0.1, 0.15) is 50.8 Å². The molecule has 0 unspecified atom stereocenters. The first-order chi connectivity index (χ1) is 8.65. The van der Waals surface area contributed by atoms with Gasteiger partial charge in [-0.1, -0.05) is 13.8 Å². The van der Waals surface area contributed by atoms with Gasteiger partial charge in [-0.15, -0.1) is 0 Å². The van der Waals surface area contributed by atoms with E-state index in [9.17, 15) is 0 Å². The van der Waals surface area contributed by atoms with Gasteiger partial charge in [-0.05, 0) is 32.6 Å². The van der Waals surface area contributed by atoms with E-state index in [0.717, 1.165) is 18.0 Å². The zero-order valence-electron chi connectivity index (χ0n) is 11.7. The Morgan fingerprint density at radius 1 is 1.39 bits per heavy atom. The fourth-order valence-corrected chi connectivity index (χ4v) is 2.31. The van der Waals surface area contributed by atoms with Crippen LogP contribution in [0.5, 0.6) is 5.75 Å². The van der Waals surface area contributed by atoms with Crippen LogP contribution in [0.15, 0.2) is 12.3 Å². The Labute approximate surface area is 110 Å². The van der Waals surface area contributed by atoms with Crippen molar-refractivity contribution in [3.05, 3.63) is 23.5 Å². The number of nitrogens with zero attached hydrogens (tertiary/aromatic N) is 1. The SMILES string of the molecule is Cc1cc(OC2CCCC2)c(CNC(C)C)cn1. The quantitative estimate of drug-likeness (QED) is 0.869. The van der Waals surface area contributed by atoms with Gasteiger partial charge >= 0.3 is 0 Å². The van der Waals surface area contributed by atoms with Gasteiger partial charge in [0.2, 0.25) is 0 Å². The summed E-state index contributed by atoms with van der Waals surface area (Å²) in [4.78, 5) is 4.37. The minimum Gasteiger partial charge on any atom is -0.490 e. The minimum atomic E-state index is 0.407. The fraction of sp³-hybridized carbons (Fsp3) is 0.667. The van der Waals surface area contributed by atoms with E-state index in [-0.39, 0.29) is 0 Å². The predicted molar refractivity (Wildman–Crippen MR) is 73.8 cm³/mol. The topological polar surface area (TPSA) is 34.1 Å². The van der Waals surface area contributed by atoms with Crippen molar-refractivity contribution in [3.8, 4) is 5.75 Å². The number of pyridine rings is 1. The van der Waals surface area contributed by atoms with Gasteiger partial charge in [0, 0.05) is 36.1 Å². The van der Waals surface area contributed by atoms with Crippen molar-refractivity contribution >= 4 is 0 Å². The summed E-state index contributed by atoms with van der Waals surface area (Å²) in [6.45, 7) is 7.15. The summed E-state index contributed by atoms with van der Waals surface area (Å²) in [5, 5.41) is 3.43.